The summed E-state index contributed by atoms with van der Waals surface area (Å²) in [6, 6.07) is 8.10. The highest BCUT2D eigenvalue weighted by molar-refractivity contribution is 5.91. The molecule has 0 fully saturated rings. The van der Waals surface area contributed by atoms with E-state index in [1.54, 1.807) is 6.08 Å². The van der Waals surface area contributed by atoms with Crippen LogP contribution in [0.4, 0.5) is 32.0 Å². The zero-order chi connectivity index (χ0) is 35.3. The summed E-state index contributed by atoms with van der Waals surface area (Å²) in [6.07, 6.45) is -6.24. The number of anilines is 1. The smallest absolute Gasteiger partial charge is 0.418 e. The van der Waals surface area contributed by atoms with Gasteiger partial charge in [0.1, 0.15) is 11.9 Å². The summed E-state index contributed by atoms with van der Waals surface area (Å²) in [7, 11) is 0. The van der Waals surface area contributed by atoms with Gasteiger partial charge in [-0.15, -0.1) is 0 Å². The summed E-state index contributed by atoms with van der Waals surface area (Å²) < 4.78 is 97.3. The molecule has 11 heteroatoms. The first-order chi connectivity index (χ1) is 22.3. The molecule has 2 aromatic carbocycles. The minimum atomic E-state index is -5.04. The molecule has 2 aromatic rings. The van der Waals surface area contributed by atoms with Gasteiger partial charge in [-0.05, 0) is 78.5 Å². The van der Waals surface area contributed by atoms with Crippen LogP contribution in [0.25, 0.3) is 5.57 Å². The van der Waals surface area contributed by atoms with Crippen molar-refractivity contribution >= 4 is 17.2 Å². The topological polar surface area (TPSA) is 59.0 Å². The number of nitrogens with zero attached hydrogens (tertiary/aromatic N) is 1. The lowest BCUT2D eigenvalue weighted by molar-refractivity contribution is -0.142. The van der Waals surface area contributed by atoms with E-state index in [2.05, 4.69) is 13.2 Å². The molecule has 5 rings (SSSR count). The standard InChI is InChI=1S/C37H35F6NO4/c1-20(2)33(45)47-25-16-24(17-26(19-25)48-34(46)21(3)4)44(32-15-22(36(38,39)40)11-14-30(32)37(41,42)43)23-12-13-28-27-9-7-8-10-29(27)35(5,6)31(28)18-23/h7-11,13-18,23,25,34,46H,1,3,12,19H2,2,4-6H3. The number of benzene rings is 2. The number of hydrogen-bond acceptors (Lipinski definition) is 5. The minimum absolute atomic E-state index is 0.0151. The monoisotopic (exact) mass is 671 g/mol. The normalized spacial score (nSPS) is 20.6. The molecule has 3 unspecified atom stereocenters. The number of aliphatic hydroxyl groups excluding tert-OH is 1. The van der Waals surface area contributed by atoms with Crippen LogP contribution in [-0.2, 0) is 32.0 Å². The lowest BCUT2D eigenvalue weighted by Crippen LogP contribution is -2.38. The molecule has 3 aliphatic rings. The Kier molecular flexibility index (Phi) is 9.07. The van der Waals surface area contributed by atoms with Gasteiger partial charge in [0, 0.05) is 23.1 Å². The number of hydrogen-bond donors (Lipinski definition) is 1. The highest BCUT2D eigenvalue weighted by atomic mass is 19.4. The number of allylic oxidation sites excluding steroid dienone is 3. The lowest BCUT2D eigenvalue weighted by Gasteiger charge is -2.39. The first-order valence-electron chi connectivity index (χ1n) is 15.2. The number of aliphatic hydroxyl groups is 1. The van der Waals surface area contributed by atoms with E-state index in [1.165, 1.54) is 30.9 Å². The van der Waals surface area contributed by atoms with Crippen LogP contribution in [0.1, 0.15) is 62.8 Å². The van der Waals surface area contributed by atoms with Crippen molar-refractivity contribution in [2.75, 3.05) is 4.90 Å². The van der Waals surface area contributed by atoms with Crippen LogP contribution in [0.3, 0.4) is 0 Å². The molecular weight excluding hydrogens is 636 g/mol. The summed E-state index contributed by atoms with van der Waals surface area (Å²) in [5.41, 5.74) is 0.0573. The molecule has 0 bridgehead atoms. The van der Waals surface area contributed by atoms with Crippen LogP contribution in [0.2, 0.25) is 0 Å². The van der Waals surface area contributed by atoms with Gasteiger partial charge in [0.05, 0.1) is 22.9 Å². The number of fused-ring (bicyclic) bond motifs is 3. The maximum Gasteiger partial charge on any atom is 0.418 e. The van der Waals surface area contributed by atoms with E-state index in [0.29, 0.717) is 18.2 Å². The number of esters is 1. The number of carbonyl (C=O) groups is 1. The fourth-order valence-corrected chi connectivity index (χ4v) is 6.25. The van der Waals surface area contributed by atoms with Gasteiger partial charge in [-0.1, -0.05) is 63.4 Å². The van der Waals surface area contributed by atoms with Gasteiger partial charge in [-0.25, -0.2) is 4.79 Å². The van der Waals surface area contributed by atoms with Crippen molar-refractivity contribution in [1.29, 1.82) is 0 Å². The van der Waals surface area contributed by atoms with Crippen molar-refractivity contribution in [3.63, 3.8) is 0 Å². The summed E-state index contributed by atoms with van der Waals surface area (Å²) in [6.45, 7) is 14.1. The van der Waals surface area contributed by atoms with Crippen molar-refractivity contribution in [2.45, 2.75) is 76.7 Å². The molecule has 5 nitrogen and oxygen atoms in total. The molecule has 48 heavy (non-hydrogen) atoms. The maximum atomic E-state index is 14.6. The van der Waals surface area contributed by atoms with Crippen molar-refractivity contribution in [3.8, 4) is 0 Å². The molecular formula is C37H35F6NO4. The summed E-state index contributed by atoms with van der Waals surface area (Å²) in [4.78, 5) is 13.7. The molecule has 0 radical (unpaired) electrons. The van der Waals surface area contributed by atoms with Crippen LogP contribution in [0.5, 0.6) is 0 Å². The van der Waals surface area contributed by atoms with Gasteiger partial charge in [0.2, 0.25) is 6.29 Å². The minimum Gasteiger partial charge on any atom is -0.465 e. The molecule has 3 aliphatic carbocycles. The fraction of sp³-hybridized carbons (Fsp3) is 0.324. The van der Waals surface area contributed by atoms with E-state index in [9.17, 15) is 36.2 Å². The quantitative estimate of drug-likeness (QED) is 0.0998. The van der Waals surface area contributed by atoms with Crippen LogP contribution in [-0.4, -0.2) is 29.5 Å². The zero-order valence-electron chi connectivity index (χ0n) is 26.8. The number of alkyl halides is 6. The van der Waals surface area contributed by atoms with Crippen molar-refractivity contribution in [3.05, 3.63) is 130 Å². The Hall–Kier alpha value is -4.51. The van der Waals surface area contributed by atoms with Crippen molar-refractivity contribution < 1.29 is 45.7 Å². The predicted octanol–water partition coefficient (Wildman–Crippen LogP) is 9.17. The van der Waals surface area contributed by atoms with Gasteiger partial charge in [0.15, 0.2) is 0 Å². The Morgan fingerprint density at radius 1 is 1.02 bits per heavy atom. The third kappa shape index (κ3) is 6.74. The van der Waals surface area contributed by atoms with Gasteiger partial charge >= 0.3 is 18.3 Å². The zero-order valence-corrected chi connectivity index (χ0v) is 26.8. The second kappa shape index (κ2) is 12.5. The SMILES string of the molecule is C=C(C)C(=O)OC1C=C(N(c2cc(C(F)(F)F)ccc2C(F)(F)F)C2C=C3C(=CC2)c2ccccc2C3(C)C)C=C(OC(O)C(=C)C)C1. The third-order valence-electron chi connectivity index (χ3n) is 8.64. The van der Waals surface area contributed by atoms with Crippen LogP contribution in [0, 0.1) is 0 Å². The number of carbonyl (C=O) groups excluding carboxylic acids is 1. The summed E-state index contributed by atoms with van der Waals surface area (Å²) >= 11 is 0. The fourth-order valence-electron chi connectivity index (χ4n) is 6.25. The van der Waals surface area contributed by atoms with E-state index in [-0.39, 0.29) is 35.4 Å². The Morgan fingerprint density at radius 3 is 2.33 bits per heavy atom. The second-order valence-electron chi connectivity index (χ2n) is 12.7. The average molecular weight is 672 g/mol. The van der Waals surface area contributed by atoms with Gasteiger partial charge in [-0.3, -0.25) is 0 Å². The Morgan fingerprint density at radius 2 is 1.71 bits per heavy atom. The molecule has 0 spiro atoms. The van der Waals surface area contributed by atoms with E-state index in [4.69, 9.17) is 9.47 Å². The molecule has 0 saturated heterocycles. The van der Waals surface area contributed by atoms with Crippen molar-refractivity contribution in [2.24, 2.45) is 0 Å². The lowest BCUT2D eigenvalue weighted by atomic mass is 9.79. The van der Waals surface area contributed by atoms with E-state index >= 15 is 0 Å². The van der Waals surface area contributed by atoms with Gasteiger partial charge in [-0.2, -0.15) is 26.3 Å². The highest BCUT2D eigenvalue weighted by Crippen LogP contribution is 2.52. The number of ether oxygens (including phenoxy) is 2. The first-order valence-corrected chi connectivity index (χ1v) is 15.2. The van der Waals surface area contributed by atoms with Gasteiger partial charge in [0.25, 0.3) is 0 Å². The molecule has 0 saturated carbocycles. The number of rotatable bonds is 8. The Balaban J connectivity index is 1.75. The van der Waals surface area contributed by atoms with Crippen molar-refractivity contribution in [1.82, 2.24) is 0 Å². The third-order valence-corrected chi connectivity index (χ3v) is 8.64. The molecule has 0 aliphatic heterocycles. The van der Waals surface area contributed by atoms with Crippen LogP contribution >= 0.6 is 0 Å². The number of halogens is 6. The highest BCUT2D eigenvalue weighted by Gasteiger charge is 2.43. The molecule has 0 amide bonds. The van der Waals surface area contributed by atoms with Gasteiger partial charge < -0.3 is 19.5 Å². The Labute approximate surface area is 274 Å². The summed E-state index contributed by atoms with van der Waals surface area (Å²) in [5, 5.41) is 10.4. The molecule has 254 valence electrons. The van der Waals surface area contributed by atoms with E-state index < -0.39 is 59.0 Å². The Bertz CT molecular complexity index is 1790. The van der Waals surface area contributed by atoms with Crippen LogP contribution in [0.15, 0.2) is 108 Å². The summed E-state index contributed by atoms with van der Waals surface area (Å²) in [5.74, 6) is -0.780. The first kappa shape index (κ1) is 34.8. The largest absolute Gasteiger partial charge is 0.465 e. The molecule has 3 atom stereocenters. The second-order valence-corrected chi connectivity index (χ2v) is 12.7. The van der Waals surface area contributed by atoms with Crippen LogP contribution < -0.4 is 4.90 Å². The maximum absolute atomic E-state index is 14.6. The molecule has 1 N–H and O–H groups in total. The van der Waals surface area contributed by atoms with E-state index in [1.807, 2.05) is 44.2 Å². The average Bonchev–Trinajstić information content (AvgIpc) is 3.22. The predicted molar refractivity (Wildman–Crippen MR) is 170 cm³/mol. The molecule has 0 aromatic heterocycles. The molecule has 0 heterocycles. The van der Waals surface area contributed by atoms with E-state index in [0.717, 1.165) is 22.3 Å².